The number of benzene rings is 1. The summed E-state index contributed by atoms with van der Waals surface area (Å²) in [6, 6.07) is 5.46. The molecule has 27 heavy (non-hydrogen) atoms. The van der Waals surface area contributed by atoms with Crippen molar-refractivity contribution in [1.82, 2.24) is 14.8 Å². The Kier molecular flexibility index (Phi) is 4.47. The number of carbonyl (C=O) groups is 1. The molecule has 0 radical (unpaired) electrons. The minimum Gasteiger partial charge on any atom is -0.454 e. The van der Waals surface area contributed by atoms with Crippen molar-refractivity contribution in [3.05, 3.63) is 40.3 Å². The summed E-state index contributed by atoms with van der Waals surface area (Å²) in [6.07, 6.45) is 1.93. The molecule has 8 heteroatoms. The summed E-state index contributed by atoms with van der Waals surface area (Å²) in [6.45, 7) is 4.82. The molecule has 2 aromatic rings. The Morgan fingerprint density at radius 2 is 2.11 bits per heavy atom. The molecular weight excluding hydrogens is 366 g/mol. The molecule has 142 valence electrons. The van der Waals surface area contributed by atoms with Crippen molar-refractivity contribution < 1.29 is 19.0 Å². The van der Waals surface area contributed by atoms with E-state index in [1.54, 1.807) is 17.4 Å². The summed E-state index contributed by atoms with van der Waals surface area (Å²) >= 11 is 1.68. The molecule has 1 aromatic heterocycles. The van der Waals surface area contributed by atoms with Gasteiger partial charge in [0.2, 0.25) is 6.79 Å². The van der Waals surface area contributed by atoms with Crippen molar-refractivity contribution in [2.24, 2.45) is 5.92 Å². The van der Waals surface area contributed by atoms with Crippen molar-refractivity contribution in [3.63, 3.8) is 0 Å². The summed E-state index contributed by atoms with van der Waals surface area (Å²) in [5, 5.41) is 0. The van der Waals surface area contributed by atoms with E-state index in [0.717, 1.165) is 26.2 Å². The predicted molar refractivity (Wildman–Crippen MR) is 99.1 cm³/mol. The molecule has 4 heterocycles. The number of ether oxygens (including phenoxy) is 3. The molecular formula is C19H21N3O4S. The molecule has 3 aliphatic heterocycles. The van der Waals surface area contributed by atoms with E-state index in [1.165, 1.54) is 4.88 Å². The van der Waals surface area contributed by atoms with Crippen LogP contribution >= 0.6 is 11.3 Å². The first-order valence-electron chi connectivity index (χ1n) is 9.14. The summed E-state index contributed by atoms with van der Waals surface area (Å²) in [5.74, 6) is 1.68. The maximum absolute atomic E-state index is 13.3. The van der Waals surface area contributed by atoms with E-state index in [-0.39, 0.29) is 18.7 Å². The normalized spacial score (nSPS) is 24.7. The number of carbonyl (C=O) groups excluding carboxylic acids is 1. The van der Waals surface area contributed by atoms with E-state index in [2.05, 4.69) is 9.88 Å². The lowest BCUT2D eigenvalue weighted by atomic mass is 10.1. The molecule has 2 fully saturated rings. The van der Waals surface area contributed by atoms with E-state index in [0.29, 0.717) is 36.2 Å². The van der Waals surface area contributed by atoms with Crippen molar-refractivity contribution >= 4 is 17.2 Å². The average molecular weight is 387 g/mol. The van der Waals surface area contributed by atoms with Gasteiger partial charge in [-0.1, -0.05) is 0 Å². The maximum atomic E-state index is 13.3. The van der Waals surface area contributed by atoms with Crippen LogP contribution in [0.15, 0.2) is 29.9 Å². The first kappa shape index (κ1) is 17.0. The minimum absolute atomic E-state index is 0.0356. The SMILES string of the molecule is O=C(c1ccc2c(c1)OCO2)N1C[C@H]2COC[C@@H]1CN(Cc1cncs1)C2. The average Bonchev–Trinajstić information content (AvgIpc) is 3.26. The number of hydrogen-bond acceptors (Lipinski definition) is 7. The largest absolute Gasteiger partial charge is 0.454 e. The van der Waals surface area contributed by atoms with Gasteiger partial charge in [-0.15, -0.1) is 11.3 Å². The Hall–Kier alpha value is -2.16. The fraction of sp³-hybridized carbons (Fsp3) is 0.474. The number of nitrogens with zero attached hydrogens (tertiary/aromatic N) is 3. The highest BCUT2D eigenvalue weighted by Gasteiger charge is 2.36. The van der Waals surface area contributed by atoms with Gasteiger partial charge in [-0.25, -0.2) is 0 Å². The van der Waals surface area contributed by atoms with Crippen LogP contribution in [0.5, 0.6) is 11.5 Å². The predicted octanol–water partition coefficient (Wildman–Crippen LogP) is 1.84. The molecule has 0 saturated carbocycles. The van der Waals surface area contributed by atoms with Crippen LogP contribution in [-0.2, 0) is 11.3 Å². The van der Waals surface area contributed by atoms with Crippen molar-refractivity contribution in [2.45, 2.75) is 12.6 Å². The lowest BCUT2D eigenvalue weighted by Crippen LogP contribution is -2.46. The topological polar surface area (TPSA) is 64.1 Å². The summed E-state index contributed by atoms with van der Waals surface area (Å²) in [7, 11) is 0. The Morgan fingerprint density at radius 1 is 1.19 bits per heavy atom. The smallest absolute Gasteiger partial charge is 0.254 e. The van der Waals surface area contributed by atoms with Gasteiger partial charge in [0.15, 0.2) is 11.5 Å². The summed E-state index contributed by atoms with van der Waals surface area (Å²) in [4.78, 5) is 23.1. The second kappa shape index (κ2) is 7.10. The van der Waals surface area contributed by atoms with Gasteiger partial charge in [-0.05, 0) is 18.2 Å². The quantitative estimate of drug-likeness (QED) is 0.801. The number of aromatic nitrogens is 1. The Balaban J connectivity index is 1.37. The first-order chi connectivity index (χ1) is 13.3. The van der Waals surface area contributed by atoms with E-state index in [9.17, 15) is 4.79 Å². The molecule has 2 atom stereocenters. The van der Waals surface area contributed by atoms with E-state index >= 15 is 0 Å². The van der Waals surface area contributed by atoms with Crippen LogP contribution in [0.3, 0.4) is 0 Å². The van der Waals surface area contributed by atoms with Gasteiger partial charge in [0.25, 0.3) is 5.91 Å². The lowest BCUT2D eigenvalue weighted by Gasteiger charge is -2.31. The Morgan fingerprint density at radius 3 is 3.00 bits per heavy atom. The second-order valence-corrected chi connectivity index (χ2v) is 8.22. The van der Waals surface area contributed by atoms with Gasteiger partial charge in [0.05, 0.1) is 24.8 Å². The fourth-order valence-electron chi connectivity index (χ4n) is 4.05. The molecule has 3 aliphatic rings. The molecule has 0 aliphatic carbocycles. The number of hydrogen-bond donors (Lipinski definition) is 0. The Bertz CT molecular complexity index is 828. The zero-order chi connectivity index (χ0) is 18.2. The van der Waals surface area contributed by atoms with Crippen LogP contribution in [-0.4, -0.2) is 66.4 Å². The minimum atomic E-state index is 0.0356. The Labute approximate surface area is 161 Å². The van der Waals surface area contributed by atoms with Crippen LogP contribution in [0.25, 0.3) is 0 Å². The van der Waals surface area contributed by atoms with Crippen LogP contribution in [0.1, 0.15) is 15.2 Å². The van der Waals surface area contributed by atoms with Crippen LogP contribution < -0.4 is 9.47 Å². The molecule has 2 saturated heterocycles. The van der Waals surface area contributed by atoms with Gasteiger partial charge in [0, 0.05) is 48.7 Å². The van der Waals surface area contributed by atoms with E-state index in [4.69, 9.17) is 14.2 Å². The highest BCUT2D eigenvalue weighted by Crippen LogP contribution is 2.33. The molecule has 5 rings (SSSR count). The third-order valence-corrected chi connectivity index (χ3v) is 6.05. The monoisotopic (exact) mass is 387 g/mol. The maximum Gasteiger partial charge on any atom is 0.254 e. The fourth-order valence-corrected chi connectivity index (χ4v) is 4.69. The van der Waals surface area contributed by atoms with Crippen molar-refractivity contribution in [2.75, 3.05) is 39.6 Å². The van der Waals surface area contributed by atoms with E-state index in [1.807, 2.05) is 28.7 Å². The highest BCUT2D eigenvalue weighted by molar-refractivity contribution is 7.09. The van der Waals surface area contributed by atoms with Crippen LogP contribution in [0.4, 0.5) is 0 Å². The number of fused-ring (bicyclic) bond motifs is 4. The zero-order valence-corrected chi connectivity index (χ0v) is 15.7. The lowest BCUT2D eigenvalue weighted by molar-refractivity contribution is 0.0426. The van der Waals surface area contributed by atoms with Crippen molar-refractivity contribution in [3.8, 4) is 11.5 Å². The molecule has 0 spiro atoms. The molecule has 0 unspecified atom stereocenters. The molecule has 7 nitrogen and oxygen atoms in total. The first-order valence-corrected chi connectivity index (χ1v) is 10.0. The molecule has 2 bridgehead atoms. The summed E-state index contributed by atoms with van der Waals surface area (Å²) in [5.41, 5.74) is 2.51. The number of thiazole rings is 1. The van der Waals surface area contributed by atoms with Gasteiger partial charge in [-0.3, -0.25) is 14.7 Å². The molecule has 0 N–H and O–H groups in total. The van der Waals surface area contributed by atoms with E-state index < -0.39 is 0 Å². The standard InChI is InChI=1S/C19H21N3O4S/c23-19(14-1-2-17-18(3-14)26-12-25-17)22-6-13-5-21(7-15(22)10-24-9-13)8-16-4-20-11-27-16/h1-4,11,13,15H,5-10,12H2/t13-,15-/m0/s1. The second-order valence-electron chi connectivity index (χ2n) is 7.24. The van der Waals surface area contributed by atoms with Crippen LogP contribution in [0.2, 0.25) is 0 Å². The highest BCUT2D eigenvalue weighted by atomic mass is 32.1. The van der Waals surface area contributed by atoms with Crippen molar-refractivity contribution in [1.29, 1.82) is 0 Å². The van der Waals surface area contributed by atoms with Gasteiger partial charge >= 0.3 is 0 Å². The number of rotatable bonds is 3. The number of amides is 1. The zero-order valence-electron chi connectivity index (χ0n) is 14.9. The van der Waals surface area contributed by atoms with Gasteiger partial charge < -0.3 is 19.1 Å². The molecule has 1 aromatic carbocycles. The molecule has 1 amide bonds. The third-order valence-electron chi connectivity index (χ3n) is 5.29. The van der Waals surface area contributed by atoms with Crippen LogP contribution in [0, 0.1) is 5.92 Å². The summed E-state index contributed by atoms with van der Waals surface area (Å²) < 4.78 is 16.6. The van der Waals surface area contributed by atoms with Gasteiger partial charge in [0.1, 0.15) is 0 Å². The van der Waals surface area contributed by atoms with Gasteiger partial charge in [-0.2, -0.15) is 0 Å². The third kappa shape index (κ3) is 3.40.